The molecule has 2 aromatic rings. The lowest BCUT2D eigenvalue weighted by molar-refractivity contribution is 0.0690. The van der Waals surface area contributed by atoms with Crippen molar-refractivity contribution in [2.45, 2.75) is 0 Å². The van der Waals surface area contributed by atoms with Crippen LogP contribution in [-0.2, 0) is 0 Å². The van der Waals surface area contributed by atoms with Gasteiger partial charge in [-0.25, -0.2) is 9.78 Å². The summed E-state index contributed by atoms with van der Waals surface area (Å²) in [5.41, 5.74) is 0.184. The van der Waals surface area contributed by atoms with E-state index in [1.807, 2.05) is 0 Å². The van der Waals surface area contributed by atoms with E-state index in [1.54, 1.807) is 0 Å². The second-order valence-corrected chi connectivity index (χ2v) is 3.71. The number of nitrogens with one attached hydrogen (secondary N) is 1. The van der Waals surface area contributed by atoms with Crippen molar-refractivity contribution in [3.05, 3.63) is 53.7 Å². The second-order valence-electron chi connectivity index (χ2n) is 3.71. The minimum Gasteiger partial charge on any atom is -0.508 e. The first-order valence-corrected chi connectivity index (χ1v) is 5.37. The molecule has 2 rings (SSSR count). The number of aromatic carboxylic acids is 1. The molecule has 0 saturated carbocycles. The zero-order chi connectivity index (χ0) is 13.8. The Hall–Kier alpha value is -2.89. The highest BCUT2D eigenvalue weighted by atomic mass is 16.4. The number of pyridine rings is 1. The molecule has 1 aromatic heterocycles. The molecule has 19 heavy (non-hydrogen) atoms. The Labute approximate surface area is 108 Å². The van der Waals surface area contributed by atoms with Crippen LogP contribution in [0.25, 0.3) is 0 Å². The molecule has 0 atom stereocenters. The average molecular weight is 258 g/mol. The number of anilines is 1. The largest absolute Gasteiger partial charge is 0.508 e. The number of hydrogen-bond acceptors (Lipinski definition) is 4. The van der Waals surface area contributed by atoms with Gasteiger partial charge in [0.2, 0.25) is 0 Å². The maximum atomic E-state index is 11.8. The van der Waals surface area contributed by atoms with Gasteiger partial charge in [0.15, 0.2) is 5.69 Å². The Balaban J connectivity index is 2.17. The van der Waals surface area contributed by atoms with E-state index in [4.69, 9.17) is 10.2 Å². The van der Waals surface area contributed by atoms with Crippen molar-refractivity contribution in [2.75, 3.05) is 5.32 Å². The van der Waals surface area contributed by atoms with Crippen LogP contribution in [0.4, 0.5) is 5.82 Å². The quantitative estimate of drug-likeness (QED) is 0.778. The number of nitrogens with zero attached hydrogens (tertiary/aromatic N) is 1. The summed E-state index contributed by atoms with van der Waals surface area (Å²) < 4.78 is 0. The first-order chi connectivity index (χ1) is 9.06. The number of aromatic nitrogens is 1. The molecule has 6 nitrogen and oxygen atoms in total. The monoisotopic (exact) mass is 258 g/mol. The SMILES string of the molecule is O=C(Nc1cccc(C(=O)O)n1)c1ccc(O)cc1. The standard InChI is InChI=1S/C13H10N2O4/c16-9-6-4-8(5-7-9)12(17)15-11-3-1-2-10(14-11)13(18)19/h1-7,16H,(H,18,19)(H,14,15,17). The number of hydrogen-bond donors (Lipinski definition) is 3. The van der Waals surface area contributed by atoms with Crippen LogP contribution < -0.4 is 5.32 Å². The van der Waals surface area contributed by atoms with Crippen molar-refractivity contribution in [3.8, 4) is 5.75 Å². The van der Waals surface area contributed by atoms with Crippen LogP contribution in [0.2, 0.25) is 0 Å². The van der Waals surface area contributed by atoms with Crippen molar-refractivity contribution in [1.29, 1.82) is 0 Å². The topological polar surface area (TPSA) is 99.5 Å². The molecular formula is C13H10N2O4. The lowest BCUT2D eigenvalue weighted by Gasteiger charge is -2.05. The van der Waals surface area contributed by atoms with Gasteiger partial charge >= 0.3 is 5.97 Å². The molecule has 0 aliphatic carbocycles. The number of phenolic OH excluding ortho intramolecular Hbond substituents is 1. The Kier molecular flexibility index (Phi) is 3.42. The average Bonchev–Trinajstić information content (AvgIpc) is 2.39. The van der Waals surface area contributed by atoms with Crippen LogP contribution in [0.15, 0.2) is 42.5 Å². The van der Waals surface area contributed by atoms with Crippen molar-refractivity contribution in [3.63, 3.8) is 0 Å². The summed E-state index contributed by atoms with van der Waals surface area (Å²) >= 11 is 0. The summed E-state index contributed by atoms with van der Waals surface area (Å²) in [4.78, 5) is 26.3. The number of amides is 1. The number of aromatic hydroxyl groups is 1. The summed E-state index contributed by atoms with van der Waals surface area (Å²) in [6.07, 6.45) is 0. The molecular weight excluding hydrogens is 248 g/mol. The van der Waals surface area contributed by atoms with Gasteiger partial charge in [-0.2, -0.15) is 0 Å². The Morgan fingerprint density at radius 1 is 1.05 bits per heavy atom. The maximum Gasteiger partial charge on any atom is 0.354 e. The van der Waals surface area contributed by atoms with Gasteiger partial charge in [-0.05, 0) is 36.4 Å². The number of benzene rings is 1. The lowest BCUT2D eigenvalue weighted by Crippen LogP contribution is -2.14. The van der Waals surface area contributed by atoms with E-state index in [0.717, 1.165) is 0 Å². The van der Waals surface area contributed by atoms with Gasteiger partial charge in [-0.1, -0.05) is 6.07 Å². The number of carbonyl (C=O) groups is 2. The molecule has 0 fully saturated rings. The van der Waals surface area contributed by atoms with Crippen molar-refractivity contribution in [1.82, 2.24) is 4.98 Å². The number of rotatable bonds is 3. The third-order valence-corrected chi connectivity index (χ3v) is 2.34. The molecule has 1 amide bonds. The molecule has 3 N–H and O–H groups in total. The highest BCUT2D eigenvalue weighted by Crippen LogP contribution is 2.12. The van der Waals surface area contributed by atoms with E-state index in [1.165, 1.54) is 42.5 Å². The van der Waals surface area contributed by atoms with Gasteiger partial charge < -0.3 is 15.5 Å². The summed E-state index contributed by atoms with van der Waals surface area (Å²) in [7, 11) is 0. The summed E-state index contributed by atoms with van der Waals surface area (Å²) in [5.74, 6) is -1.39. The van der Waals surface area contributed by atoms with Crippen LogP contribution in [-0.4, -0.2) is 27.1 Å². The normalized spacial score (nSPS) is 9.89. The van der Waals surface area contributed by atoms with Crippen LogP contribution >= 0.6 is 0 Å². The van der Waals surface area contributed by atoms with Gasteiger partial charge in [0.25, 0.3) is 5.91 Å². The molecule has 0 saturated heterocycles. The molecule has 0 spiro atoms. The molecule has 1 heterocycles. The number of carboxylic acid groups (broad SMARTS) is 1. The zero-order valence-electron chi connectivity index (χ0n) is 9.70. The van der Waals surface area contributed by atoms with E-state index in [9.17, 15) is 9.59 Å². The first-order valence-electron chi connectivity index (χ1n) is 5.37. The van der Waals surface area contributed by atoms with Gasteiger partial charge in [0.1, 0.15) is 11.6 Å². The third kappa shape index (κ3) is 3.06. The molecule has 6 heteroatoms. The molecule has 0 aliphatic rings. The number of carboxylic acids is 1. The highest BCUT2D eigenvalue weighted by molar-refractivity contribution is 6.04. The maximum absolute atomic E-state index is 11.8. The fourth-order valence-corrected chi connectivity index (χ4v) is 1.42. The van der Waals surface area contributed by atoms with Gasteiger partial charge in [-0.3, -0.25) is 4.79 Å². The fourth-order valence-electron chi connectivity index (χ4n) is 1.42. The van der Waals surface area contributed by atoms with E-state index in [-0.39, 0.29) is 17.3 Å². The number of phenols is 1. The van der Waals surface area contributed by atoms with Gasteiger partial charge in [0.05, 0.1) is 0 Å². The van der Waals surface area contributed by atoms with Crippen LogP contribution in [0.3, 0.4) is 0 Å². The Morgan fingerprint density at radius 2 is 1.74 bits per heavy atom. The van der Waals surface area contributed by atoms with E-state index >= 15 is 0 Å². The molecule has 96 valence electrons. The zero-order valence-corrected chi connectivity index (χ0v) is 9.70. The van der Waals surface area contributed by atoms with Crippen molar-refractivity contribution in [2.24, 2.45) is 0 Å². The molecule has 0 unspecified atom stereocenters. The van der Waals surface area contributed by atoms with Crippen LogP contribution in [0.1, 0.15) is 20.8 Å². The smallest absolute Gasteiger partial charge is 0.354 e. The second kappa shape index (κ2) is 5.18. The van der Waals surface area contributed by atoms with Crippen molar-refractivity contribution >= 4 is 17.7 Å². The van der Waals surface area contributed by atoms with Crippen LogP contribution in [0.5, 0.6) is 5.75 Å². The summed E-state index contributed by atoms with van der Waals surface area (Å²) in [6, 6.07) is 9.98. The van der Waals surface area contributed by atoms with Gasteiger partial charge in [-0.15, -0.1) is 0 Å². The molecule has 0 aliphatic heterocycles. The van der Waals surface area contributed by atoms with E-state index in [0.29, 0.717) is 5.56 Å². The first kappa shape index (κ1) is 12.6. The molecule has 0 bridgehead atoms. The lowest BCUT2D eigenvalue weighted by atomic mass is 10.2. The van der Waals surface area contributed by atoms with E-state index < -0.39 is 11.9 Å². The minimum atomic E-state index is -1.17. The minimum absolute atomic E-state index is 0.0579. The summed E-state index contributed by atoms with van der Waals surface area (Å²) in [5, 5.41) is 20.4. The highest BCUT2D eigenvalue weighted by Gasteiger charge is 2.09. The number of carbonyl (C=O) groups excluding carboxylic acids is 1. The summed E-state index contributed by atoms with van der Waals surface area (Å²) in [6.45, 7) is 0. The van der Waals surface area contributed by atoms with E-state index in [2.05, 4.69) is 10.3 Å². The predicted octanol–water partition coefficient (Wildman–Crippen LogP) is 1.74. The van der Waals surface area contributed by atoms with Gasteiger partial charge in [0, 0.05) is 5.56 Å². The predicted molar refractivity (Wildman–Crippen MR) is 67.3 cm³/mol. The molecule has 0 radical (unpaired) electrons. The Bertz CT molecular complexity index is 623. The van der Waals surface area contributed by atoms with Crippen molar-refractivity contribution < 1.29 is 19.8 Å². The van der Waals surface area contributed by atoms with Crippen LogP contribution in [0, 0.1) is 0 Å². The molecule has 1 aromatic carbocycles. The Morgan fingerprint density at radius 3 is 2.37 bits per heavy atom. The fraction of sp³-hybridized carbons (Fsp3) is 0. The third-order valence-electron chi connectivity index (χ3n) is 2.34.